The van der Waals surface area contributed by atoms with Crippen LogP contribution in [-0.4, -0.2) is 30.7 Å². The van der Waals surface area contributed by atoms with E-state index in [2.05, 4.69) is 5.32 Å². The Bertz CT molecular complexity index is 195. The largest absolute Gasteiger partial charge is 0.396 e. The molecular weight excluding hydrogens is 204 g/mol. The Hall–Kier alpha value is -0.610. The van der Waals surface area contributed by atoms with E-state index in [0.717, 1.165) is 12.8 Å². The highest BCUT2D eigenvalue weighted by Gasteiger charge is 2.33. The molecule has 0 saturated carbocycles. The predicted octanol–water partition coefficient (Wildman–Crippen LogP) is 0.886. The Labute approximate surface area is 98.6 Å². The first-order valence-electron chi connectivity index (χ1n) is 6.15. The lowest BCUT2D eigenvalue weighted by atomic mass is 9.81. The Morgan fingerprint density at radius 1 is 1.44 bits per heavy atom. The minimum Gasteiger partial charge on any atom is -0.396 e. The van der Waals surface area contributed by atoms with Gasteiger partial charge in [0.05, 0.1) is 5.41 Å². The zero-order valence-electron chi connectivity index (χ0n) is 10.8. The molecule has 0 spiro atoms. The molecular formula is C12H26N2O2. The second-order valence-corrected chi connectivity index (χ2v) is 4.52. The van der Waals surface area contributed by atoms with Gasteiger partial charge in [-0.25, -0.2) is 0 Å². The van der Waals surface area contributed by atoms with Crippen molar-refractivity contribution in [1.29, 1.82) is 0 Å². The third-order valence-corrected chi connectivity index (χ3v) is 3.46. The van der Waals surface area contributed by atoms with Crippen LogP contribution in [0.2, 0.25) is 0 Å². The van der Waals surface area contributed by atoms with Crippen molar-refractivity contribution in [3.05, 3.63) is 0 Å². The quantitative estimate of drug-likeness (QED) is 0.579. The van der Waals surface area contributed by atoms with Gasteiger partial charge >= 0.3 is 0 Å². The average Bonchev–Trinajstić information content (AvgIpc) is 2.30. The number of nitrogens with one attached hydrogen (secondary N) is 1. The monoisotopic (exact) mass is 230 g/mol. The van der Waals surface area contributed by atoms with Crippen molar-refractivity contribution < 1.29 is 9.90 Å². The van der Waals surface area contributed by atoms with E-state index in [0.29, 0.717) is 25.4 Å². The van der Waals surface area contributed by atoms with Crippen molar-refractivity contribution in [2.75, 3.05) is 19.7 Å². The van der Waals surface area contributed by atoms with Gasteiger partial charge in [-0.3, -0.25) is 4.79 Å². The van der Waals surface area contributed by atoms with Gasteiger partial charge in [0.25, 0.3) is 0 Å². The highest BCUT2D eigenvalue weighted by molar-refractivity contribution is 5.82. The van der Waals surface area contributed by atoms with Crippen LogP contribution in [0.4, 0.5) is 0 Å². The summed E-state index contributed by atoms with van der Waals surface area (Å²) in [7, 11) is 0. The van der Waals surface area contributed by atoms with Gasteiger partial charge in [-0.2, -0.15) is 0 Å². The number of hydrogen-bond acceptors (Lipinski definition) is 3. The number of carbonyl (C=O) groups is 1. The van der Waals surface area contributed by atoms with Gasteiger partial charge in [0.2, 0.25) is 5.91 Å². The van der Waals surface area contributed by atoms with Gasteiger partial charge in [-0.1, -0.05) is 20.8 Å². The fourth-order valence-electron chi connectivity index (χ4n) is 1.73. The van der Waals surface area contributed by atoms with Crippen LogP contribution >= 0.6 is 0 Å². The molecule has 0 fully saturated rings. The molecule has 16 heavy (non-hydrogen) atoms. The molecule has 0 aromatic rings. The van der Waals surface area contributed by atoms with E-state index < -0.39 is 5.41 Å². The number of rotatable bonds is 8. The SMILES string of the molecule is CCC(CC)(CN)C(=O)NCC(C)CCO. The molecule has 0 aromatic heterocycles. The van der Waals surface area contributed by atoms with Crippen molar-refractivity contribution in [2.45, 2.75) is 40.0 Å². The first-order chi connectivity index (χ1) is 7.56. The van der Waals surface area contributed by atoms with E-state index in [9.17, 15) is 4.79 Å². The van der Waals surface area contributed by atoms with E-state index >= 15 is 0 Å². The Morgan fingerprint density at radius 2 is 2.00 bits per heavy atom. The van der Waals surface area contributed by atoms with E-state index in [1.54, 1.807) is 0 Å². The van der Waals surface area contributed by atoms with Crippen LogP contribution in [0.25, 0.3) is 0 Å². The lowest BCUT2D eigenvalue weighted by molar-refractivity contribution is -0.131. The number of carbonyl (C=O) groups excluding carboxylic acids is 1. The summed E-state index contributed by atoms with van der Waals surface area (Å²) < 4.78 is 0. The maximum atomic E-state index is 12.0. The van der Waals surface area contributed by atoms with Gasteiger partial charge in [-0.15, -0.1) is 0 Å². The lowest BCUT2D eigenvalue weighted by Gasteiger charge is -2.29. The minimum absolute atomic E-state index is 0.0461. The molecule has 0 radical (unpaired) electrons. The molecule has 0 rings (SSSR count). The Balaban J connectivity index is 4.21. The first-order valence-corrected chi connectivity index (χ1v) is 6.15. The van der Waals surface area contributed by atoms with Gasteiger partial charge in [0.15, 0.2) is 0 Å². The molecule has 1 unspecified atom stereocenters. The van der Waals surface area contributed by atoms with Crippen LogP contribution in [0, 0.1) is 11.3 Å². The van der Waals surface area contributed by atoms with Crippen molar-refractivity contribution in [3.8, 4) is 0 Å². The van der Waals surface area contributed by atoms with Crippen LogP contribution in [0.5, 0.6) is 0 Å². The second-order valence-electron chi connectivity index (χ2n) is 4.52. The number of hydrogen-bond donors (Lipinski definition) is 3. The second kappa shape index (κ2) is 7.63. The van der Waals surface area contributed by atoms with E-state index in [1.807, 2.05) is 20.8 Å². The molecule has 4 heteroatoms. The summed E-state index contributed by atoms with van der Waals surface area (Å²) in [5.74, 6) is 0.350. The fourth-order valence-corrected chi connectivity index (χ4v) is 1.73. The van der Waals surface area contributed by atoms with Gasteiger partial charge in [0, 0.05) is 19.7 Å². The van der Waals surface area contributed by atoms with Crippen LogP contribution < -0.4 is 11.1 Å². The van der Waals surface area contributed by atoms with E-state index in [4.69, 9.17) is 10.8 Å². The van der Waals surface area contributed by atoms with Crippen molar-refractivity contribution in [2.24, 2.45) is 17.1 Å². The molecule has 1 amide bonds. The van der Waals surface area contributed by atoms with Crippen molar-refractivity contribution in [3.63, 3.8) is 0 Å². The van der Waals surface area contributed by atoms with Crippen LogP contribution in [0.15, 0.2) is 0 Å². The molecule has 1 atom stereocenters. The summed E-state index contributed by atoms with van der Waals surface area (Å²) in [6.07, 6.45) is 2.24. The average molecular weight is 230 g/mol. The van der Waals surface area contributed by atoms with Crippen molar-refractivity contribution >= 4 is 5.91 Å². The first kappa shape index (κ1) is 15.4. The molecule has 0 saturated heterocycles. The van der Waals surface area contributed by atoms with Crippen LogP contribution in [0.3, 0.4) is 0 Å². The Kier molecular flexibility index (Phi) is 7.34. The standard InChI is InChI=1S/C12H26N2O2/c1-4-12(5-2,9-13)11(16)14-8-10(3)6-7-15/h10,15H,4-9,13H2,1-3H3,(H,14,16). The molecule has 0 aliphatic rings. The fraction of sp³-hybridized carbons (Fsp3) is 0.917. The predicted molar refractivity (Wildman–Crippen MR) is 65.9 cm³/mol. The third-order valence-electron chi connectivity index (χ3n) is 3.46. The van der Waals surface area contributed by atoms with Crippen LogP contribution in [0.1, 0.15) is 40.0 Å². The van der Waals surface area contributed by atoms with E-state index in [-0.39, 0.29) is 12.5 Å². The summed E-state index contributed by atoms with van der Waals surface area (Å²) in [4.78, 5) is 12.0. The highest BCUT2D eigenvalue weighted by Crippen LogP contribution is 2.24. The summed E-state index contributed by atoms with van der Waals surface area (Å²) in [6.45, 7) is 7.17. The topological polar surface area (TPSA) is 75.4 Å². The zero-order chi connectivity index (χ0) is 12.6. The molecule has 0 bridgehead atoms. The Morgan fingerprint density at radius 3 is 2.38 bits per heavy atom. The molecule has 4 N–H and O–H groups in total. The third kappa shape index (κ3) is 4.10. The summed E-state index contributed by atoms with van der Waals surface area (Å²) in [6, 6.07) is 0. The van der Waals surface area contributed by atoms with Crippen LogP contribution in [-0.2, 0) is 4.79 Å². The lowest BCUT2D eigenvalue weighted by Crippen LogP contribution is -2.46. The maximum absolute atomic E-state index is 12.0. The molecule has 0 aliphatic heterocycles. The summed E-state index contributed by atoms with van der Waals surface area (Å²) in [5, 5.41) is 11.7. The smallest absolute Gasteiger partial charge is 0.227 e. The number of amides is 1. The van der Waals surface area contributed by atoms with Crippen molar-refractivity contribution in [1.82, 2.24) is 5.32 Å². The number of nitrogens with two attached hydrogens (primary N) is 1. The van der Waals surface area contributed by atoms with Gasteiger partial charge in [-0.05, 0) is 25.2 Å². The van der Waals surface area contributed by atoms with Gasteiger partial charge < -0.3 is 16.2 Å². The molecule has 0 aromatic carbocycles. The normalized spacial score (nSPS) is 13.6. The summed E-state index contributed by atoms with van der Waals surface area (Å²) >= 11 is 0. The van der Waals surface area contributed by atoms with Gasteiger partial charge in [0.1, 0.15) is 0 Å². The highest BCUT2D eigenvalue weighted by atomic mass is 16.3. The maximum Gasteiger partial charge on any atom is 0.227 e. The molecule has 0 heterocycles. The minimum atomic E-state index is -0.418. The molecule has 0 aliphatic carbocycles. The molecule has 96 valence electrons. The number of aliphatic hydroxyl groups excluding tert-OH is 1. The van der Waals surface area contributed by atoms with E-state index in [1.165, 1.54) is 0 Å². The molecule has 4 nitrogen and oxygen atoms in total. The zero-order valence-corrected chi connectivity index (χ0v) is 10.8. The summed E-state index contributed by atoms with van der Waals surface area (Å²) in [5.41, 5.74) is 5.28. The number of aliphatic hydroxyl groups is 1.